The molecule has 0 saturated carbocycles. The lowest BCUT2D eigenvalue weighted by Gasteiger charge is -2.18. The Balaban J connectivity index is 1.94. The second kappa shape index (κ2) is 5.53. The second-order valence-corrected chi connectivity index (χ2v) is 5.85. The van der Waals surface area contributed by atoms with Gasteiger partial charge in [0.05, 0.1) is 11.7 Å². The molecule has 0 fully saturated rings. The molecule has 0 aliphatic heterocycles. The summed E-state index contributed by atoms with van der Waals surface area (Å²) < 4.78 is 2.00. The quantitative estimate of drug-likeness (QED) is 0.917. The summed E-state index contributed by atoms with van der Waals surface area (Å²) in [4.78, 5) is 4.04. The highest BCUT2D eigenvalue weighted by molar-refractivity contribution is 5.14. The number of hydrogen-bond acceptors (Lipinski definition) is 3. The molecular weight excluding hydrogens is 236 g/mol. The van der Waals surface area contributed by atoms with Crippen LogP contribution in [0.1, 0.15) is 44.9 Å². The van der Waals surface area contributed by atoms with Gasteiger partial charge in [0, 0.05) is 36.7 Å². The van der Waals surface area contributed by atoms with Crippen LogP contribution < -0.4 is 5.32 Å². The average molecular weight is 258 g/mol. The van der Waals surface area contributed by atoms with E-state index in [1.54, 1.807) is 0 Å². The summed E-state index contributed by atoms with van der Waals surface area (Å²) in [7, 11) is 0. The molecular formula is C15H22N4. The topological polar surface area (TPSA) is 42.7 Å². The molecule has 2 rings (SSSR count). The molecule has 2 aromatic heterocycles. The van der Waals surface area contributed by atoms with Crippen molar-refractivity contribution >= 4 is 0 Å². The molecule has 19 heavy (non-hydrogen) atoms. The van der Waals surface area contributed by atoms with Crippen molar-refractivity contribution in [3.8, 4) is 0 Å². The average Bonchev–Trinajstić information content (AvgIpc) is 2.86. The van der Waals surface area contributed by atoms with Gasteiger partial charge in [-0.3, -0.25) is 9.67 Å². The third kappa shape index (κ3) is 3.64. The summed E-state index contributed by atoms with van der Waals surface area (Å²) >= 11 is 0. The Kier molecular flexibility index (Phi) is 4.00. The van der Waals surface area contributed by atoms with Gasteiger partial charge in [-0.15, -0.1) is 0 Å². The number of nitrogens with one attached hydrogen (secondary N) is 1. The molecule has 102 valence electrons. The molecule has 2 heterocycles. The zero-order chi connectivity index (χ0) is 13.9. The van der Waals surface area contributed by atoms with E-state index in [9.17, 15) is 0 Å². The maximum Gasteiger partial charge on any atom is 0.0543 e. The van der Waals surface area contributed by atoms with Gasteiger partial charge in [0.1, 0.15) is 0 Å². The van der Waals surface area contributed by atoms with Crippen LogP contribution in [0.3, 0.4) is 0 Å². The van der Waals surface area contributed by atoms with E-state index in [1.165, 1.54) is 11.1 Å². The van der Waals surface area contributed by atoms with Crippen molar-refractivity contribution in [2.45, 2.75) is 45.8 Å². The van der Waals surface area contributed by atoms with Gasteiger partial charge in [0.25, 0.3) is 0 Å². The van der Waals surface area contributed by atoms with E-state index in [2.05, 4.69) is 49.3 Å². The molecule has 0 saturated heterocycles. The molecule has 0 amide bonds. The van der Waals surface area contributed by atoms with E-state index in [0.717, 1.165) is 6.54 Å². The summed E-state index contributed by atoms with van der Waals surface area (Å²) in [6, 6.07) is 4.38. The zero-order valence-corrected chi connectivity index (χ0v) is 12.1. The van der Waals surface area contributed by atoms with Crippen molar-refractivity contribution in [1.82, 2.24) is 20.1 Å². The van der Waals surface area contributed by atoms with Gasteiger partial charge < -0.3 is 5.32 Å². The van der Waals surface area contributed by atoms with Gasteiger partial charge in [-0.25, -0.2) is 0 Å². The molecule has 0 bridgehead atoms. The summed E-state index contributed by atoms with van der Waals surface area (Å²) in [5.74, 6) is 0. The highest BCUT2D eigenvalue weighted by Crippen LogP contribution is 2.14. The molecule has 0 aliphatic rings. The van der Waals surface area contributed by atoms with Crippen molar-refractivity contribution in [2.24, 2.45) is 0 Å². The number of aromatic nitrogens is 3. The molecule has 0 spiro atoms. The van der Waals surface area contributed by atoms with Crippen LogP contribution in [0.15, 0.2) is 36.9 Å². The largest absolute Gasteiger partial charge is 0.306 e. The van der Waals surface area contributed by atoms with Crippen molar-refractivity contribution in [2.75, 3.05) is 0 Å². The normalized spacial score (nSPS) is 13.5. The molecule has 4 nitrogen and oxygen atoms in total. The van der Waals surface area contributed by atoms with E-state index in [1.807, 2.05) is 35.4 Å². The second-order valence-electron chi connectivity index (χ2n) is 5.85. The summed E-state index contributed by atoms with van der Waals surface area (Å²) in [5, 5.41) is 7.90. The highest BCUT2D eigenvalue weighted by Gasteiger charge is 2.14. The standard InChI is InChI=1S/C15H22N4/c1-12(14-5-7-16-8-6-14)17-9-13-10-18-19(11-13)15(2,3)4/h5-8,10-12,17H,9H2,1-4H3/t12-/m0/s1. The third-order valence-electron chi connectivity index (χ3n) is 3.14. The van der Waals surface area contributed by atoms with Gasteiger partial charge in [-0.05, 0) is 45.4 Å². The number of pyridine rings is 1. The minimum atomic E-state index is 0.0367. The van der Waals surface area contributed by atoms with Crippen LogP contribution in [0.25, 0.3) is 0 Å². The number of nitrogens with zero attached hydrogens (tertiary/aromatic N) is 3. The fourth-order valence-corrected chi connectivity index (χ4v) is 1.86. The van der Waals surface area contributed by atoms with Crippen LogP contribution in [0, 0.1) is 0 Å². The van der Waals surface area contributed by atoms with Crippen molar-refractivity contribution in [3.63, 3.8) is 0 Å². The van der Waals surface area contributed by atoms with Gasteiger partial charge in [-0.1, -0.05) is 0 Å². The molecule has 1 N–H and O–H groups in total. The lowest BCUT2D eigenvalue weighted by atomic mass is 10.1. The monoisotopic (exact) mass is 258 g/mol. The zero-order valence-electron chi connectivity index (χ0n) is 12.1. The predicted octanol–water partition coefficient (Wildman–Crippen LogP) is 2.88. The molecule has 0 unspecified atom stereocenters. The lowest BCUT2D eigenvalue weighted by Crippen LogP contribution is -2.22. The number of rotatable bonds is 4. The first-order valence-electron chi connectivity index (χ1n) is 6.64. The van der Waals surface area contributed by atoms with Gasteiger partial charge in [-0.2, -0.15) is 5.10 Å². The summed E-state index contributed by atoms with van der Waals surface area (Å²) in [5.41, 5.74) is 2.49. The van der Waals surface area contributed by atoms with E-state index in [-0.39, 0.29) is 5.54 Å². The van der Waals surface area contributed by atoms with E-state index in [0.29, 0.717) is 6.04 Å². The molecule has 4 heteroatoms. The Hall–Kier alpha value is -1.68. The van der Waals surface area contributed by atoms with Crippen LogP contribution in [0.5, 0.6) is 0 Å². The van der Waals surface area contributed by atoms with Crippen LogP contribution in [-0.2, 0) is 12.1 Å². The molecule has 0 aliphatic carbocycles. The van der Waals surface area contributed by atoms with Crippen LogP contribution in [-0.4, -0.2) is 14.8 Å². The lowest BCUT2D eigenvalue weighted by molar-refractivity contribution is 0.355. The van der Waals surface area contributed by atoms with Crippen LogP contribution >= 0.6 is 0 Å². The van der Waals surface area contributed by atoms with Gasteiger partial charge in [0.15, 0.2) is 0 Å². The molecule has 1 atom stereocenters. The summed E-state index contributed by atoms with van der Waals surface area (Å²) in [6.07, 6.45) is 7.68. The van der Waals surface area contributed by atoms with Gasteiger partial charge >= 0.3 is 0 Å². The Labute approximate surface area is 114 Å². The Morgan fingerprint density at radius 2 is 1.95 bits per heavy atom. The maximum atomic E-state index is 4.40. The maximum absolute atomic E-state index is 4.40. The molecule has 0 radical (unpaired) electrons. The van der Waals surface area contributed by atoms with Crippen molar-refractivity contribution in [3.05, 3.63) is 48.0 Å². The Morgan fingerprint density at radius 3 is 2.53 bits per heavy atom. The molecule has 0 aromatic carbocycles. The van der Waals surface area contributed by atoms with E-state index >= 15 is 0 Å². The van der Waals surface area contributed by atoms with Crippen molar-refractivity contribution < 1.29 is 0 Å². The van der Waals surface area contributed by atoms with Gasteiger partial charge in [0.2, 0.25) is 0 Å². The first kappa shape index (κ1) is 13.7. The van der Waals surface area contributed by atoms with E-state index in [4.69, 9.17) is 0 Å². The Bertz CT molecular complexity index is 510. The fraction of sp³-hybridized carbons (Fsp3) is 0.467. The minimum absolute atomic E-state index is 0.0367. The van der Waals surface area contributed by atoms with Crippen molar-refractivity contribution in [1.29, 1.82) is 0 Å². The number of hydrogen-bond donors (Lipinski definition) is 1. The summed E-state index contributed by atoms with van der Waals surface area (Å²) in [6.45, 7) is 9.42. The minimum Gasteiger partial charge on any atom is -0.306 e. The van der Waals surface area contributed by atoms with Crippen LogP contribution in [0.2, 0.25) is 0 Å². The van der Waals surface area contributed by atoms with E-state index < -0.39 is 0 Å². The Morgan fingerprint density at radius 1 is 1.26 bits per heavy atom. The molecule has 2 aromatic rings. The predicted molar refractivity (Wildman–Crippen MR) is 76.7 cm³/mol. The fourth-order valence-electron chi connectivity index (χ4n) is 1.86. The first-order chi connectivity index (χ1) is 8.97. The highest BCUT2D eigenvalue weighted by atomic mass is 15.3. The SMILES string of the molecule is C[C@H](NCc1cnn(C(C)(C)C)c1)c1ccncc1. The first-order valence-corrected chi connectivity index (χ1v) is 6.64. The smallest absolute Gasteiger partial charge is 0.0543 e. The van der Waals surface area contributed by atoms with Crippen LogP contribution in [0.4, 0.5) is 0 Å². The third-order valence-corrected chi connectivity index (χ3v) is 3.14.